The molecule has 2 aromatic carbocycles. The van der Waals surface area contributed by atoms with Crippen molar-refractivity contribution in [2.24, 2.45) is 5.92 Å². The molecule has 0 radical (unpaired) electrons. The zero-order valence-corrected chi connectivity index (χ0v) is 19.2. The molecule has 6 rings (SSSR count). The Hall–Kier alpha value is -3.48. The van der Waals surface area contributed by atoms with E-state index < -0.39 is 0 Å². The second-order valence-corrected chi connectivity index (χ2v) is 9.38. The molecule has 1 amide bonds. The molecule has 1 aliphatic carbocycles. The Kier molecular flexibility index (Phi) is 5.61. The summed E-state index contributed by atoms with van der Waals surface area (Å²) in [5.74, 6) is 2.61. The number of ether oxygens (including phenoxy) is 2. The maximum atomic E-state index is 13.4. The molecule has 0 unspecified atom stereocenters. The lowest BCUT2D eigenvalue weighted by atomic mass is 10.0. The first-order chi connectivity index (χ1) is 16.8. The zero-order chi connectivity index (χ0) is 22.9. The second-order valence-electron chi connectivity index (χ2n) is 9.38. The van der Waals surface area contributed by atoms with Gasteiger partial charge in [-0.3, -0.25) is 4.79 Å². The van der Waals surface area contributed by atoms with Crippen LogP contribution < -0.4 is 14.4 Å². The Morgan fingerprint density at radius 1 is 0.971 bits per heavy atom. The minimum Gasteiger partial charge on any atom is -0.454 e. The number of rotatable bonds is 7. The predicted octanol–water partition coefficient (Wildman–Crippen LogP) is 5.00. The fourth-order valence-electron chi connectivity index (χ4n) is 4.86. The van der Waals surface area contributed by atoms with E-state index in [4.69, 9.17) is 14.0 Å². The molecular formula is C27H29N3O4. The molecule has 34 heavy (non-hydrogen) atoms. The summed E-state index contributed by atoms with van der Waals surface area (Å²) in [6.45, 7) is 3.11. The van der Waals surface area contributed by atoms with Crippen LogP contribution in [-0.4, -0.2) is 35.8 Å². The molecule has 0 bridgehead atoms. The Morgan fingerprint density at radius 3 is 2.56 bits per heavy atom. The Labute approximate surface area is 199 Å². The molecular weight excluding hydrogens is 430 g/mol. The summed E-state index contributed by atoms with van der Waals surface area (Å²) in [5.41, 5.74) is 3.84. The number of anilines is 1. The van der Waals surface area contributed by atoms with Gasteiger partial charge in [-0.1, -0.05) is 41.6 Å². The van der Waals surface area contributed by atoms with Crippen LogP contribution in [0.4, 0.5) is 5.88 Å². The highest BCUT2D eigenvalue weighted by Crippen LogP contribution is 2.38. The molecule has 176 valence electrons. The summed E-state index contributed by atoms with van der Waals surface area (Å²) in [5, 5.41) is 4.50. The van der Waals surface area contributed by atoms with Gasteiger partial charge < -0.3 is 23.8 Å². The van der Waals surface area contributed by atoms with Crippen molar-refractivity contribution in [3.05, 3.63) is 59.7 Å². The van der Waals surface area contributed by atoms with Crippen molar-refractivity contribution in [3.63, 3.8) is 0 Å². The number of amides is 1. The highest BCUT2D eigenvalue weighted by Gasteiger charge is 2.35. The van der Waals surface area contributed by atoms with Gasteiger partial charge in [0.05, 0.1) is 12.1 Å². The summed E-state index contributed by atoms with van der Waals surface area (Å²) in [6, 6.07) is 16.0. The third-order valence-corrected chi connectivity index (χ3v) is 6.86. The highest BCUT2D eigenvalue weighted by molar-refractivity contribution is 5.81. The van der Waals surface area contributed by atoms with Crippen LogP contribution in [0.25, 0.3) is 11.3 Å². The van der Waals surface area contributed by atoms with Gasteiger partial charge in [0.2, 0.25) is 18.6 Å². The van der Waals surface area contributed by atoms with Gasteiger partial charge in [0.25, 0.3) is 0 Å². The molecule has 3 aromatic rings. The van der Waals surface area contributed by atoms with Crippen molar-refractivity contribution >= 4 is 11.8 Å². The number of fused-ring (bicyclic) bond motifs is 1. The zero-order valence-electron chi connectivity index (χ0n) is 19.2. The molecule has 1 saturated heterocycles. The number of hydrogen-bond acceptors (Lipinski definition) is 6. The van der Waals surface area contributed by atoms with E-state index in [1.807, 2.05) is 53.4 Å². The molecule has 7 nitrogen and oxygen atoms in total. The summed E-state index contributed by atoms with van der Waals surface area (Å²) in [6.07, 6.45) is 5.45. The number of aromatic nitrogens is 1. The van der Waals surface area contributed by atoms with Crippen molar-refractivity contribution in [1.82, 2.24) is 10.1 Å². The fraction of sp³-hybridized carbons (Fsp3) is 0.407. The van der Waals surface area contributed by atoms with Crippen LogP contribution in [0.3, 0.4) is 0 Å². The second kappa shape index (κ2) is 9.05. The third-order valence-electron chi connectivity index (χ3n) is 6.86. The van der Waals surface area contributed by atoms with E-state index >= 15 is 0 Å². The monoisotopic (exact) mass is 459 g/mol. The van der Waals surface area contributed by atoms with Gasteiger partial charge in [0, 0.05) is 31.1 Å². The molecule has 0 N–H and O–H groups in total. The molecule has 1 saturated carbocycles. The van der Waals surface area contributed by atoms with Crippen molar-refractivity contribution in [1.29, 1.82) is 0 Å². The minimum absolute atomic E-state index is 0.118. The van der Waals surface area contributed by atoms with Crippen molar-refractivity contribution in [2.75, 3.05) is 24.8 Å². The quantitative estimate of drug-likeness (QED) is 0.495. The number of carbonyl (C=O) groups excluding carboxylic acids is 1. The van der Waals surface area contributed by atoms with E-state index in [1.165, 1.54) is 6.42 Å². The van der Waals surface area contributed by atoms with Gasteiger partial charge in [-0.05, 0) is 49.8 Å². The molecule has 2 aliphatic heterocycles. The van der Waals surface area contributed by atoms with Crippen LogP contribution in [0.1, 0.15) is 43.2 Å². The average Bonchev–Trinajstić information content (AvgIpc) is 3.49. The lowest BCUT2D eigenvalue weighted by Crippen LogP contribution is -2.33. The Balaban J connectivity index is 1.35. The topological polar surface area (TPSA) is 68.0 Å². The van der Waals surface area contributed by atoms with Gasteiger partial charge in [0.15, 0.2) is 11.5 Å². The molecule has 3 heterocycles. The first-order valence-electron chi connectivity index (χ1n) is 12.2. The number of piperidine rings is 1. The normalized spacial score (nSPS) is 17.1. The molecule has 7 heteroatoms. The first-order valence-corrected chi connectivity index (χ1v) is 12.2. The van der Waals surface area contributed by atoms with E-state index in [2.05, 4.69) is 10.1 Å². The van der Waals surface area contributed by atoms with Gasteiger partial charge in [-0.2, -0.15) is 0 Å². The summed E-state index contributed by atoms with van der Waals surface area (Å²) < 4.78 is 17.0. The molecule has 2 fully saturated rings. The van der Waals surface area contributed by atoms with Crippen LogP contribution >= 0.6 is 0 Å². The Bertz CT molecular complexity index is 1170. The lowest BCUT2D eigenvalue weighted by Gasteiger charge is -2.28. The first kappa shape index (κ1) is 21.1. The van der Waals surface area contributed by atoms with E-state index in [9.17, 15) is 4.79 Å². The van der Waals surface area contributed by atoms with E-state index in [0.717, 1.165) is 78.5 Å². The van der Waals surface area contributed by atoms with E-state index in [1.54, 1.807) is 0 Å². The predicted molar refractivity (Wildman–Crippen MR) is 128 cm³/mol. The minimum atomic E-state index is 0.118. The largest absolute Gasteiger partial charge is 0.454 e. The van der Waals surface area contributed by atoms with Gasteiger partial charge in [0.1, 0.15) is 5.69 Å². The molecule has 0 spiro atoms. The smallest absolute Gasteiger partial charge is 0.232 e. The fourth-order valence-corrected chi connectivity index (χ4v) is 4.86. The SMILES string of the molecule is O=C(C1CC1)N(Cc1ccc2c(c1)OCO2)Cc1c(-c2ccccc2)noc1N1CCCCC1. The summed E-state index contributed by atoms with van der Waals surface area (Å²) >= 11 is 0. The van der Waals surface area contributed by atoms with Crippen molar-refractivity contribution < 1.29 is 18.8 Å². The number of hydrogen-bond donors (Lipinski definition) is 0. The number of carbonyl (C=O) groups is 1. The maximum Gasteiger partial charge on any atom is 0.232 e. The standard InChI is InChI=1S/C27H29N3O4/c31-26(21-10-11-21)30(16-19-9-12-23-24(15-19)33-18-32-23)17-22-25(20-7-3-1-4-8-20)28-34-27(22)29-13-5-2-6-14-29/h1,3-4,7-9,12,15,21H,2,5-6,10-11,13-14,16-18H2. The summed E-state index contributed by atoms with van der Waals surface area (Å²) in [4.78, 5) is 17.7. The summed E-state index contributed by atoms with van der Waals surface area (Å²) in [7, 11) is 0. The van der Waals surface area contributed by atoms with Crippen LogP contribution in [0, 0.1) is 5.92 Å². The highest BCUT2D eigenvalue weighted by atomic mass is 16.7. The number of nitrogens with zero attached hydrogens (tertiary/aromatic N) is 3. The third kappa shape index (κ3) is 4.22. The Morgan fingerprint density at radius 2 is 1.76 bits per heavy atom. The van der Waals surface area contributed by atoms with E-state index in [-0.39, 0.29) is 18.6 Å². The van der Waals surface area contributed by atoms with Crippen molar-refractivity contribution in [2.45, 2.75) is 45.2 Å². The van der Waals surface area contributed by atoms with Crippen LogP contribution in [-0.2, 0) is 17.9 Å². The number of benzene rings is 2. The van der Waals surface area contributed by atoms with E-state index in [0.29, 0.717) is 13.1 Å². The maximum absolute atomic E-state index is 13.4. The van der Waals surface area contributed by atoms with Crippen molar-refractivity contribution in [3.8, 4) is 22.8 Å². The lowest BCUT2D eigenvalue weighted by molar-refractivity contribution is -0.133. The van der Waals surface area contributed by atoms with Gasteiger partial charge >= 0.3 is 0 Å². The molecule has 1 aromatic heterocycles. The van der Waals surface area contributed by atoms with Crippen LogP contribution in [0.2, 0.25) is 0 Å². The van der Waals surface area contributed by atoms with Crippen LogP contribution in [0.15, 0.2) is 53.1 Å². The van der Waals surface area contributed by atoms with Crippen LogP contribution in [0.5, 0.6) is 11.5 Å². The molecule has 3 aliphatic rings. The van der Waals surface area contributed by atoms with Gasteiger partial charge in [-0.25, -0.2) is 0 Å². The van der Waals surface area contributed by atoms with Gasteiger partial charge in [-0.15, -0.1) is 0 Å². The average molecular weight is 460 g/mol. The molecule has 0 atom stereocenters.